The minimum atomic E-state index is 0.154. The second-order valence-electron chi connectivity index (χ2n) is 7.38. The number of rotatable bonds is 4. The van der Waals surface area contributed by atoms with Crippen LogP contribution in [0.2, 0.25) is 0 Å². The van der Waals surface area contributed by atoms with Crippen molar-refractivity contribution in [3.05, 3.63) is 59.5 Å². The van der Waals surface area contributed by atoms with E-state index in [4.69, 9.17) is 4.42 Å². The van der Waals surface area contributed by atoms with E-state index in [9.17, 15) is 10.2 Å². The number of aromatic nitrogens is 1. The molecule has 6 nitrogen and oxygen atoms in total. The Bertz CT molecular complexity index is 1140. The second-order valence-corrected chi connectivity index (χ2v) is 7.38. The highest BCUT2D eigenvalue weighted by Gasteiger charge is 2.22. The van der Waals surface area contributed by atoms with Crippen LogP contribution in [0.15, 0.2) is 47.0 Å². The first kappa shape index (κ1) is 17.2. The van der Waals surface area contributed by atoms with Crippen LogP contribution in [0.25, 0.3) is 21.9 Å². The van der Waals surface area contributed by atoms with Crippen LogP contribution in [0, 0.1) is 0 Å². The van der Waals surface area contributed by atoms with Gasteiger partial charge in [0.15, 0.2) is 11.5 Å². The summed E-state index contributed by atoms with van der Waals surface area (Å²) >= 11 is 0. The highest BCUT2D eigenvalue weighted by Crippen LogP contribution is 2.39. The molecule has 2 aromatic carbocycles. The van der Waals surface area contributed by atoms with Crippen LogP contribution in [0.4, 0.5) is 0 Å². The van der Waals surface area contributed by atoms with Gasteiger partial charge in [-0.1, -0.05) is 18.2 Å². The highest BCUT2D eigenvalue weighted by molar-refractivity contribution is 5.90. The maximum Gasteiger partial charge on any atom is 0.165 e. The van der Waals surface area contributed by atoms with Crippen LogP contribution >= 0.6 is 0 Å². The van der Waals surface area contributed by atoms with Gasteiger partial charge in [0, 0.05) is 56.2 Å². The van der Waals surface area contributed by atoms with E-state index < -0.39 is 0 Å². The first-order valence-corrected chi connectivity index (χ1v) is 9.64. The molecule has 1 aliphatic rings. The fourth-order valence-corrected chi connectivity index (χ4v) is 4.06. The number of H-pyrrole nitrogens is 1. The molecular weight excluding hydrogens is 354 g/mol. The zero-order chi connectivity index (χ0) is 19.1. The lowest BCUT2D eigenvalue weighted by Crippen LogP contribution is -2.42. The summed E-state index contributed by atoms with van der Waals surface area (Å²) in [4.78, 5) is 5.54. The van der Waals surface area contributed by atoms with Crippen LogP contribution in [0.5, 0.6) is 11.5 Å². The van der Waals surface area contributed by atoms with Crippen molar-refractivity contribution in [2.75, 3.05) is 26.2 Å². The van der Waals surface area contributed by atoms with Crippen molar-refractivity contribution in [1.29, 1.82) is 0 Å². The third-order valence-electron chi connectivity index (χ3n) is 5.60. The Morgan fingerprint density at radius 1 is 1.00 bits per heavy atom. The SMILES string of the molecule is Oc1ccc2c(O)c(Cc3c[nH]c4ccccc34)oc2c1CN1CCNCC1. The van der Waals surface area contributed by atoms with Gasteiger partial charge in [-0.2, -0.15) is 0 Å². The number of benzene rings is 2. The topological polar surface area (TPSA) is 84.7 Å². The molecule has 1 saturated heterocycles. The number of phenolic OH excluding ortho intramolecular Hbond substituents is 1. The lowest BCUT2D eigenvalue weighted by Gasteiger charge is -2.27. The summed E-state index contributed by atoms with van der Waals surface area (Å²) < 4.78 is 6.11. The molecule has 0 atom stereocenters. The zero-order valence-corrected chi connectivity index (χ0v) is 15.5. The third kappa shape index (κ3) is 2.91. The van der Waals surface area contributed by atoms with Crippen molar-refractivity contribution >= 4 is 21.9 Å². The largest absolute Gasteiger partial charge is 0.507 e. The van der Waals surface area contributed by atoms with Crippen molar-refractivity contribution in [2.45, 2.75) is 13.0 Å². The maximum atomic E-state index is 10.8. The van der Waals surface area contributed by atoms with Crippen LogP contribution in [0.1, 0.15) is 16.9 Å². The molecule has 28 heavy (non-hydrogen) atoms. The molecule has 144 valence electrons. The van der Waals surface area contributed by atoms with Gasteiger partial charge < -0.3 is 24.9 Å². The maximum absolute atomic E-state index is 10.8. The summed E-state index contributed by atoms with van der Waals surface area (Å²) in [5.74, 6) is 0.882. The van der Waals surface area contributed by atoms with Gasteiger partial charge in [-0.05, 0) is 23.8 Å². The Kier molecular flexibility index (Phi) is 4.22. The molecule has 0 unspecified atom stereocenters. The third-order valence-corrected chi connectivity index (χ3v) is 5.60. The molecule has 5 rings (SSSR count). The van der Waals surface area contributed by atoms with Crippen LogP contribution in [-0.4, -0.2) is 46.3 Å². The molecule has 3 heterocycles. The first-order valence-electron chi connectivity index (χ1n) is 9.64. The molecule has 1 fully saturated rings. The Hall–Kier alpha value is -2.96. The quantitative estimate of drug-likeness (QED) is 0.438. The van der Waals surface area contributed by atoms with Crippen LogP contribution < -0.4 is 5.32 Å². The van der Waals surface area contributed by atoms with E-state index in [0.717, 1.165) is 48.2 Å². The Morgan fingerprint density at radius 2 is 1.82 bits per heavy atom. The summed E-state index contributed by atoms with van der Waals surface area (Å²) in [5.41, 5.74) is 3.44. The van der Waals surface area contributed by atoms with E-state index in [1.54, 1.807) is 12.1 Å². The molecule has 4 N–H and O–H groups in total. The van der Waals surface area contributed by atoms with Crippen molar-refractivity contribution in [3.63, 3.8) is 0 Å². The Morgan fingerprint density at radius 3 is 2.68 bits per heavy atom. The number of piperazine rings is 1. The van der Waals surface area contributed by atoms with E-state index >= 15 is 0 Å². The van der Waals surface area contributed by atoms with Gasteiger partial charge in [0.25, 0.3) is 0 Å². The lowest BCUT2D eigenvalue weighted by molar-refractivity contribution is 0.230. The zero-order valence-electron chi connectivity index (χ0n) is 15.5. The second kappa shape index (κ2) is 6.89. The lowest BCUT2D eigenvalue weighted by atomic mass is 10.1. The summed E-state index contributed by atoms with van der Waals surface area (Å²) in [7, 11) is 0. The van der Waals surface area contributed by atoms with E-state index in [1.807, 2.05) is 24.4 Å². The van der Waals surface area contributed by atoms with E-state index in [2.05, 4.69) is 21.3 Å². The number of fused-ring (bicyclic) bond motifs is 2. The molecule has 2 aromatic heterocycles. The van der Waals surface area contributed by atoms with Crippen molar-refractivity contribution < 1.29 is 14.6 Å². The molecule has 0 radical (unpaired) electrons. The van der Waals surface area contributed by atoms with Crippen molar-refractivity contribution in [1.82, 2.24) is 15.2 Å². The number of aromatic amines is 1. The summed E-state index contributed by atoms with van der Waals surface area (Å²) in [6, 6.07) is 11.5. The first-order chi connectivity index (χ1) is 13.7. The van der Waals surface area contributed by atoms with E-state index in [-0.39, 0.29) is 11.5 Å². The fraction of sp³-hybridized carbons (Fsp3) is 0.273. The summed E-state index contributed by atoms with van der Waals surface area (Å²) in [5, 5.41) is 26.3. The summed E-state index contributed by atoms with van der Waals surface area (Å²) in [6.45, 7) is 4.32. The van der Waals surface area contributed by atoms with Gasteiger partial charge in [-0.25, -0.2) is 0 Å². The standard InChI is InChI=1S/C22H23N3O3/c26-19-6-5-16-21(27)20(11-14-12-24-18-4-2-1-3-15(14)18)28-22(16)17(19)13-25-9-7-23-8-10-25/h1-6,12,23-24,26-27H,7-11,13H2. The predicted molar refractivity (Wildman–Crippen MR) is 109 cm³/mol. The molecule has 6 heteroatoms. The van der Waals surface area contributed by atoms with Gasteiger partial charge in [0.2, 0.25) is 0 Å². The molecule has 0 bridgehead atoms. The number of phenols is 1. The Balaban J connectivity index is 1.53. The van der Waals surface area contributed by atoms with Crippen molar-refractivity contribution in [2.24, 2.45) is 0 Å². The van der Waals surface area contributed by atoms with Crippen LogP contribution in [0.3, 0.4) is 0 Å². The van der Waals surface area contributed by atoms with Crippen molar-refractivity contribution in [3.8, 4) is 11.5 Å². The number of nitrogens with zero attached hydrogens (tertiary/aromatic N) is 1. The smallest absolute Gasteiger partial charge is 0.165 e. The minimum absolute atomic E-state index is 0.154. The molecule has 4 aromatic rings. The highest BCUT2D eigenvalue weighted by atomic mass is 16.4. The molecular formula is C22H23N3O3. The number of nitrogens with one attached hydrogen (secondary N) is 2. The molecule has 0 aliphatic carbocycles. The van der Waals surface area contributed by atoms with Gasteiger partial charge in [-0.15, -0.1) is 0 Å². The average Bonchev–Trinajstić information content (AvgIpc) is 3.27. The number of hydrogen-bond donors (Lipinski definition) is 4. The molecule has 1 aliphatic heterocycles. The molecule has 0 spiro atoms. The van der Waals surface area contributed by atoms with E-state index in [1.165, 1.54) is 0 Å². The number of hydrogen-bond acceptors (Lipinski definition) is 5. The minimum Gasteiger partial charge on any atom is -0.507 e. The van der Waals surface area contributed by atoms with E-state index in [0.29, 0.717) is 29.7 Å². The fourth-order valence-electron chi connectivity index (χ4n) is 4.06. The molecule has 0 amide bonds. The van der Waals surface area contributed by atoms with Gasteiger partial charge in [0.05, 0.1) is 10.9 Å². The predicted octanol–water partition coefficient (Wildman–Crippen LogP) is 3.32. The molecule has 0 saturated carbocycles. The van der Waals surface area contributed by atoms with Crippen LogP contribution in [-0.2, 0) is 13.0 Å². The van der Waals surface area contributed by atoms with Gasteiger partial charge in [0.1, 0.15) is 11.3 Å². The number of furan rings is 1. The number of para-hydroxylation sites is 1. The monoisotopic (exact) mass is 377 g/mol. The summed E-state index contributed by atoms with van der Waals surface area (Å²) in [6.07, 6.45) is 2.44. The van der Waals surface area contributed by atoms with Gasteiger partial charge in [-0.3, -0.25) is 4.90 Å². The Labute approximate surface area is 162 Å². The average molecular weight is 377 g/mol. The number of aromatic hydroxyl groups is 2. The normalized spacial score (nSPS) is 15.6. The van der Waals surface area contributed by atoms with Gasteiger partial charge >= 0.3 is 0 Å².